The number of hydrogen-bond acceptors (Lipinski definition) is 6. The van der Waals surface area contributed by atoms with Crippen molar-refractivity contribution in [1.29, 1.82) is 0 Å². The van der Waals surface area contributed by atoms with Crippen LogP contribution in [0.1, 0.15) is 31.4 Å². The van der Waals surface area contributed by atoms with Gasteiger partial charge in [-0.05, 0) is 62.2 Å². The summed E-state index contributed by atoms with van der Waals surface area (Å²) in [6.07, 6.45) is 6.79. The van der Waals surface area contributed by atoms with Crippen molar-refractivity contribution < 1.29 is 9.84 Å². The second kappa shape index (κ2) is 8.46. The van der Waals surface area contributed by atoms with E-state index in [0.29, 0.717) is 0 Å². The van der Waals surface area contributed by atoms with Crippen LogP contribution < -0.4 is 9.64 Å². The van der Waals surface area contributed by atoms with Crippen molar-refractivity contribution in [1.82, 2.24) is 25.1 Å². The number of H-pyrrole nitrogens is 2. The standard InChI is InChI=1S/C26H26N6O2/c1-16(20-6-10-27-26-21(20)7-11-28-26)34-19-3-4-23-22(14-19)25(31-30-23)17-2-5-24(29-15-17)32-12-8-18(33)9-13-32/h2-7,10-11,14-16,18,33H,8-9,12-13H2,1H3,(H,27,28)(H,30,31)/t16-/m1/s1. The third-order valence-electron chi connectivity index (χ3n) is 6.59. The summed E-state index contributed by atoms with van der Waals surface area (Å²) in [6, 6.07) is 14.1. The maximum atomic E-state index is 9.75. The SMILES string of the molecule is C[C@@H](Oc1ccc2[nH]nc(-c3ccc(N4CCC(O)CC4)nc3)c2c1)c1ccnc2[nH]ccc12. The number of nitrogens with one attached hydrogen (secondary N) is 2. The van der Waals surface area contributed by atoms with Gasteiger partial charge in [-0.3, -0.25) is 5.10 Å². The average molecular weight is 455 g/mol. The fraction of sp³-hybridized carbons (Fsp3) is 0.269. The van der Waals surface area contributed by atoms with E-state index in [2.05, 4.69) is 36.1 Å². The normalized spacial score (nSPS) is 15.8. The maximum absolute atomic E-state index is 9.75. The zero-order chi connectivity index (χ0) is 23.1. The van der Waals surface area contributed by atoms with E-state index in [0.717, 1.165) is 76.3 Å². The molecule has 34 heavy (non-hydrogen) atoms. The number of aliphatic hydroxyl groups is 1. The van der Waals surface area contributed by atoms with Crippen molar-refractivity contribution in [3.63, 3.8) is 0 Å². The first-order chi connectivity index (χ1) is 16.7. The van der Waals surface area contributed by atoms with Gasteiger partial charge in [-0.15, -0.1) is 0 Å². The number of piperidine rings is 1. The number of pyridine rings is 2. The molecule has 0 bridgehead atoms. The van der Waals surface area contributed by atoms with E-state index >= 15 is 0 Å². The summed E-state index contributed by atoms with van der Waals surface area (Å²) < 4.78 is 6.33. The molecule has 5 aromatic rings. The highest BCUT2D eigenvalue weighted by Gasteiger charge is 2.19. The van der Waals surface area contributed by atoms with Crippen LogP contribution in [-0.2, 0) is 0 Å². The molecule has 1 aliphatic rings. The van der Waals surface area contributed by atoms with Gasteiger partial charge in [0.25, 0.3) is 0 Å². The summed E-state index contributed by atoms with van der Waals surface area (Å²) >= 11 is 0. The molecule has 1 atom stereocenters. The molecule has 6 rings (SSSR count). The van der Waals surface area contributed by atoms with Crippen molar-refractivity contribution in [3.8, 4) is 17.0 Å². The van der Waals surface area contributed by atoms with Gasteiger partial charge < -0.3 is 19.7 Å². The highest BCUT2D eigenvalue weighted by atomic mass is 16.5. The largest absolute Gasteiger partial charge is 0.486 e. The van der Waals surface area contributed by atoms with Gasteiger partial charge in [0.2, 0.25) is 0 Å². The summed E-state index contributed by atoms with van der Waals surface area (Å²) in [7, 11) is 0. The van der Waals surface area contributed by atoms with Crippen LogP contribution in [0.2, 0.25) is 0 Å². The Bertz CT molecular complexity index is 1430. The Hall–Kier alpha value is -3.91. The van der Waals surface area contributed by atoms with Gasteiger partial charge in [-0.2, -0.15) is 5.10 Å². The molecule has 1 aliphatic heterocycles. The number of benzene rings is 1. The highest BCUT2D eigenvalue weighted by Crippen LogP contribution is 2.32. The van der Waals surface area contributed by atoms with E-state index in [1.165, 1.54) is 0 Å². The molecule has 8 nitrogen and oxygen atoms in total. The predicted octanol–water partition coefficient (Wildman–Crippen LogP) is 4.60. The molecule has 4 aromatic heterocycles. The van der Waals surface area contributed by atoms with Gasteiger partial charge in [0.15, 0.2) is 0 Å². The van der Waals surface area contributed by atoms with Crippen LogP contribution in [0.25, 0.3) is 33.2 Å². The monoisotopic (exact) mass is 454 g/mol. The van der Waals surface area contributed by atoms with Crippen LogP contribution in [0, 0.1) is 0 Å². The quantitative estimate of drug-likeness (QED) is 0.359. The minimum atomic E-state index is -0.197. The Morgan fingerprint density at radius 1 is 1.06 bits per heavy atom. The van der Waals surface area contributed by atoms with Crippen LogP contribution in [0.5, 0.6) is 5.75 Å². The lowest BCUT2D eigenvalue weighted by atomic mass is 10.1. The summed E-state index contributed by atoms with van der Waals surface area (Å²) in [5, 5.41) is 19.5. The molecule has 3 N–H and O–H groups in total. The molecule has 0 saturated carbocycles. The molecule has 1 saturated heterocycles. The molecule has 1 aromatic carbocycles. The number of fused-ring (bicyclic) bond motifs is 2. The molecule has 172 valence electrons. The number of nitrogens with zero attached hydrogens (tertiary/aromatic N) is 4. The number of aliphatic hydroxyl groups excluding tert-OH is 1. The van der Waals surface area contributed by atoms with Crippen molar-refractivity contribution in [2.45, 2.75) is 32.0 Å². The minimum Gasteiger partial charge on any atom is -0.486 e. The van der Waals surface area contributed by atoms with Gasteiger partial charge in [-0.1, -0.05) is 0 Å². The fourth-order valence-corrected chi connectivity index (χ4v) is 4.70. The van der Waals surface area contributed by atoms with Gasteiger partial charge in [-0.25, -0.2) is 9.97 Å². The molecule has 1 fully saturated rings. The van der Waals surface area contributed by atoms with Gasteiger partial charge in [0, 0.05) is 53.6 Å². The molecule has 0 spiro atoms. The van der Waals surface area contributed by atoms with Crippen LogP contribution in [-0.4, -0.2) is 49.4 Å². The second-order valence-electron chi connectivity index (χ2n) is 8.80. The third kappa shape index (κ3) is 3.76. The maximum Gasteiger partial charge on any atom is 0.137 e. The van der Waals surface area contributed by atoms with Crippen LogP contribution in [0.3, 0.4) is 0 Å². The first-order valence-corrected chi connectivity index (χ1v) is 11.6. The fourth-order valence-electron chi connectivity index (χ4n) is 4.70. The van der Waals surface area contributed by atoms with Crippen molar-refractivity contribution in [2.24, 2.45) is 0 Å². The lowest BCUT2D eigenvalue weighted by molar-refractivity contribution is 0.145. The first-order valence-electron chi connectivity index (χ1n) is 11.6. The first kappa shape index (κ1) is 20.7. The van der Waals surface area contributed by atoms with Crippen LogP contribution in [0.15, 0.2) is 61.1 Å². The number of ether oxygens (including phenoxy) is 1. The summed E-state index contributed by atoms with van der Waals surface area (Å²) in [6.45, 7) is 3.69. The van der Waals surface area contributed by atoms with E-state index in [-0.39, 0.29) is 12.2 Å². The molecule has 0 radical (unpaired) electrons. The second-order valence-corrected chi connectivity index (χ2v) is 8.80. The molecule has 8 heteroatoms. The average Bonchev–Trinajstić information content (AvgIpc) is 3.51. The zero-order valence-corrected chi connectivity index (χ0v) is 18.9. The van der Waals surface area contributed by atoms with Crippen LogP contribution in [0.4, 0.5) is 5.82 Å². The number of hydrogen-bond donors (Lipinski definition) is 3. The van der Waals surface area contributed by atoms with Crippen LogP contribution >= 0.6 is 0 Å². The van der Waals surface area contributed by atoms with Gasteiger partial charge in [0.1, 0.15) is 29.0 Å². The topological polar surface area (TPSA) is 103 Å². The summed E-state index contributed by atoms with van der Waals surface area (Å²) in [5.41, 5.74) is 4.68. The van der Waals surface area contributed by atoms with Crippen molar-refractivity contribution in [3.05, 3.63) is 66.6 Å². The number of rotatable bonds is 5. The number of aromatic amines is 2. The Labute approximate surface area is 196 Å². The van der Waals surface area contributed by atoms with E-state index < -0.39 is 0 Å². The summed E-state index contributed by atoms with van der Waals surface area (Å²) in [4.78, 5) is 14.4. The Morgan fingerprint density at radius 3 is 2.76 bits per heavy atom. The summed E-state index contributed by atoms with van der Waals surface area (Å²) in [5.74, 6) is 1.71. The van der Waals surface area contributed by atoms with E-state index in [1.807, 2.05) is 55.7 Å². The Kier molecular flexibility index (Phi) is 5.15. The van der Waals surface area contributed by atoms with E-state index in [1.54, 1.807) is 6.20 Å². The number of anilines is 1. The number of aromatic nitrogens is 5. The highest BCUT2D eigenvalue weighted by molar-refractivity contribution is 5.93. The lowest BCUT2D eigenvalue weighted by Crippen LogP contribution is -2.36. The van der Waals surface area contributed by atoms with Gasteiger partial charge in [0.05, 0.1) is 11.6 Å². The molecule has 5 heterocycles. The van der Waals surface area contributed by atoms with E-state index in [9.17, 15) is 5.11 Å². The minimum absolute atomic E-state index is 0.141. The van der Waals surface area contributed by atoms with E-state index in [4.69, 9.17) is 4.74 Å². The zero-order valence-electron chi connectivity index (χ0n) is 18.9. The molecule has 0 unspecified atom stereocenters. The van der Waals surface area contributed by atoms with Crippen molar-refractivity contribution in [2.75, 3.05) is 18.0 Å². The van der Waals surface area contributed by atoms with Crippen molar-refractivity contribution >= 4 is 27.8 Å². The Balaban J connectivity index is 1.26. The smallest absolute Gasteiger partial charge is 0.137 e. The Morgan fingerprint density at radius 2 is 1.94 bits per heavy atom. The third-order valence-corrected chi connectivity index (χ3v) is 6.59. The molecular formula is C26H26N6O2. The lowest BCUT2D eigenvalue weighted by Gasteiger charge is -2.30. The molecule has 0 aliphatic carbocycles. The van der Waals surface area contributed by atoms with Gasteiger partial charge >= 0.3 is 0 Å². The molecule has 0 amide bonds. The molecular weight excluding hydrogens is 428 g/mol. The predicted molar refractivity (Wildman–Crippen MR) is 132 cm³/mol.